The molecule has 0 atom stereocenters. The summed E-state index contributed by atoms with van der Waals surface area (Å²) >= 11 is 0. The number of nitrogens with one attached hydrogen (secondary N) is 1. The molecule has 2 aromatic carbocycles. The van der Waals surface area contributed by atoms with E-state index in [-0.39, 0.29) is 18.5 Å². The SMILES string of the molecule is Cc1cc(C)c(S(=O)(=O)N(CC(=O)Nc2ccccc2)C2CCCCC2)c(C)c1. The Morgan fingerprint density at radius 3 is 2.17 bits per heavy atom. The van der Waals surface area contributed by atoms with Crippen LogP contribution in [0.3, 0.4) is 0 Å². The van der Waals surface area contributed by atoms with Crippen LogP contribution in [0.4, 0.5) is 5.69 Å². The topological polar surface area (TPSA) is 66.5 Å². The Hall–Kier alpha value is -2.18. The van der Waals surface area contributed by atoms with Crippen molar-refractivity contribution in [3.05, 3.63) is 59.2 Å². The van der Waals surface area contributed by atoms with E-state index in [1.165, 1.54) is 4.31 Å². The Balaban J connectivity index is 1.93. The zero-order valence-corrected chi connectivity index (χ0v) is 18.3. The lowest BCUT2D eigenvalue weighted by atomic mass is 9.95. The van der Waals surface area contributed by atoms with Gasteiger partial charge in [0, 0.05) is 11.7 Å². The number of hydrogen-bond acceptors (Lipinski definition) is 3. The molecule has 0 radical (unpaired) electrons. The Kier molecular flexibility index (Phi) is 6.75. The number of carbonyl (C=O) groups is 1. The lowest BCUT2D eigenvalue weighted by Gasteiger charge is -2.33. The van der Waals surface area contributed by atoms with E-state index in [0.29, 0.717) is 10.6 Å². The first-order valence-corrected chi connectivity index (χ1v) is 11.7. The van der Waals surface area contributed by atoms with Crippen LogP contribution in [0.1, 0.15) is 48.8 Å². The van der Waals surface area contributed by atoms with Gasteiger partial charge in [0.15, 0.2) is 0 Å². The molecule has 156 valence electrons. The van der Waals surface area contributed by atoms with Crippen LogP contribution < -0.4 is 5.32 Å². The Labute approximate surface area is 174 Å². The van der Waals surface area contributed by atoms with Gasteiger partial charge in [-0.2, -0.15) is 4.31 Å². The second kappa shape index (κ2) is 9.09. The van der Waals surface area contributed by atoms with Gasteiger partial charge in [-0.3, -0.25) is 4.79 Å². The lowest BCUT2D eigenvalue weighted by Crippen LogP contribution is -2.46. The fourth-order valence-electron chi connectivity index (χ4n) is 4.33. The Bertz CT molecular complexity index is 942. The van der Waals surface area contributed by atoms with Crippen LogP contribution in [0.15, 0.2) is 47.4 Å². The predicted octanol–water partition coefficient (Wildman–Crippen LogP) is 4.57. The van der Waals surface area contributed by atoms with Crippen molar-refractivity contribution in [3.63, 3.8) is 0 Å². The number of aryl methyl sites for hydroxylation is 3. The molecular weight excluding hydrogens is 384 g/mol. The summed E-state index contributed by atoms with van der Waals surface area (Å²) < 4.78 is 28.9. The first-order valence-electron chi connectivity index (χ1n) is 10.2. The highest BCUT2D eigenvalue weighted by molar-refractivity contribution is 7.89. The number of hydrogen-bond donors (Lipinski definition) is 1. The van der Waals surface area contributed by atoms with Gasteiger partial charge in [-0.25, -0.2) is 8.42 Å². The number of sulfonamides is 1. The highest BCUT2D eigenvalue weighted by Crippen LogP contribution is 2.31. The fraction of sp³-hybridized carbons (Fsp3) is 0.435. The van der Waals surface area contributed by atoms with Gasteiger partial charge in [0.2, 0.25) is 15.9 Å². The molecule has 1 N–H and O–H groups in total. The van der Waals surface area contributed by atoms with E-state index < -0.39 is 10.0 Å². The highest BCUT2D eigenvalue weighted by atomic mass is 32.2. The van der Waals surface area contributed by atoms with Crippen molar-refractivity contribution in [2.24, 2.45) is 0 Å². The number of nitrogens with zero attached hydrogens (tertiary/aromatic N) is 1. The van der Waals surface area contributed by atoms with Crippen molar-refractivity contribution in [1.82, 2.24) is 4.31 Å². The van der Waals surface area contributed by atoms with Gasteiger partial charge >= 0.3 is 0 Å². The summed E-state index contributed by atoms with van der Waals surface area (Å²) in [6, 6.07) is 12.8. The third-order valence-corrected chi connectivity index (χ3v) is 7.71. The standard InChI is InChI=1S/C23H30N2O3S/c1-17-14-18(2)23(19(3)15-17)29(27,28)25(21-12-8-5-9-13-21)16-22(26)24-20-10-6-4-7-11-20/h4,6-7,10-11,14-15,21H,5,8-9,12-13,16H2,1-3H3,(H,24,26). The Morgan fingerprint density at radius 1 is 1.00 bits per heavy atom. The molecule has 0 spiro atoms. The first kappa shape index (κ1) is 21.5. The van der Waals surface area contributed by atoms with Crippen molar-refractivity contribution in [2.75, 3.05) is 11.9 Å². The summed E-state index contributed by atoms with van der Waals surface area (Å²) in [6.45, 7) is 5.45. The minimum atomic E-state index is -3.79. The molecule has 0 aromatic heterocycles. The second-order valence-corrected chi connectivity index (χ2v) is 9.81. The number of rotatable bonds is 6. The van der Waals surface area contributed by atoms with E-state index in [2.05, 4.69) is 5.32 Å². The summed E-state index contributed by atoms with van der Waals surface area (Å²) in [4.78, 5) is 13.1. The molecule has 1 fully saturated rings. The van der Waals surface area contributed by atoms with Crippen LogP contribution in [-0.2, 0) is 14.8 Å². The maximum Gasteiger partial charge on any atom is 0.244 e. The van der Waals surface area contributed by atoms with Crippen molar-refractivity contribution in [2.45, 2.75) is 63.8 Å². The highest BCUT2D eigenvalue weighted by Gasteiger charge is 2.35. The normalized spacial score (nSPS) is 15.4. The van der Waals surface area contributed by atoms with Gasteiger partial charge in [0.05, 0.1) is 11.4 Å². The maximum atomic E-state index is 13.7. The van der Waals surface area contributed by atoms with Gasteiger partial charge in [-0.1, -0.05) is 55.2 Å². The molecule has 6 heteroatoms. The molecule has 1 aliphatic carbocycles. The van der Waals surface area contributed by atoms with E-state index in [4.69, 9.17) is 0 Å². The van der Waals surface area contributed by atoms with Gasteiger partial charge in [-0.15, -0.1) is 0 Å². The minimum absolute atomic E-state index is 0.143. The third kappa shape index (κ3) is 5.06. The summed E-state index contributed by atoms with van der Waals surface area (Å²) in [5, 5.41) is 2.83. The molecule has 3 rings (SSSR count). The summed E-state index contributed by atoms with van der Waals surface area (Å²) in [7, 11) is -3.79. The van der Waals surface area contributed by atoms with Crippen LogP contribution in [0.2, 0.25) is 0 Å². The van der Waals surface area contributed by atoms with Crippen molar-refractivity contribution < 1.29 is 13.2 Å². The molecule has 2 aromatic rings. The van der Waals surface area contributed by atoms with E-state index in [9.17, 15) is 13.2 Å². The van der Waals surface area contributed by atoms with E-state index in [1.807, 2.05) is 51.1 Å². The summed E-state index contributed by atoms with van der Waals surface area (Å²) in [5.74, 6) is -0.312. The van der Waals surface area contributed by atoms with E-state index in [1.54, 1.807) is 12.1 Å². The fourth-order valence-corrected chi connectivity index (χ4v) is 6.39. The molecule has 0 saturated heterocycles. The number of benzene rings is 2. The number of carbonyl (C=O) groups excluding carboxylic acids is 1. The van der Waals surface area contributed by atoms with Crippen LogP contribution in [-0.4, -0.2) is 31.2 Å². The average Bonchev–Trinajstić information content (AvgIpc) is 2.66. The predicted molar refractivity (Wildman–Crippen MR) is 116 cm³/mol. The molecule has 1 saturated carbocycles. The molecule has 1 aliphatic rings. The largest absolute Gasteiger partial charge is 0.325 e. The second-order valence-electron chi connectivity index (χ2n) is 7.98. The maximum absolute atomic E-state index is 13.7. The molecule has 29 heavy (non-hydrogen) atoms. The van der Waals surface area contributed by atoms with E-state index >= 15 is 0 Å². The van der Waals surface area contributed by atoms with Crippen molar-refractivity contribution in [3.8, 4) is 0 Å². The molecule has 5 nitrogen and oxygen atoms in total. The van der Waals surface area contributed by atoms with Crippen LogP contribution in [0.25, 0.3) is 0 Å². The summed E-state index contributed by atoms with van der Waals surface area (Å²) in [5.41, 5.74) is 3.16. The van der Waals surface area contributed by atoms with E-state index in [0.717, 1.165) is 48.8 Å². The van der Waals surface area contributed by atoms with Gasteiger partial charge < -0.3 is 5.32 Å². The quantitative estimate of drug-likeness (QED) is 0.753. The number of para-hydroxylation sites is 1. The smallest absolute Gasteiger partial charge is 0.244 e. The molecular formula is C23H30N2O3S. The molecule has 0 heterocycles. The third-order valence-electron chi connectivity index (χ3n) is 5.51. The first-order chi connectivity index (χ1) is 13.8. The van der Waals surface area contributed by atoms with Crippen LogP contribution in [0, 0.1) is 20.8 Å². The molecule has 0 unspecified atom stereocenters. The lowest BCUT2D eigenvalue weighted by molar-refractivity contribution is -0.116. The summed E-state index contributed by atoms with van der Waals surface area (Å²) in [6.07, 6.45) is 4.68. The van der Waals surface area contributed by atoms with Gasteiger partial charge in [0.1, 0.15) is 0 Å². The monoisotopic (exact) mass is 414 g/mol. The zero-order valence-electron chi connectivity index (χ0n) is 17.4. The van der Waals surface area contributed by atoms with Gasteiger partial charge in [0.25, 0.3) is 0 Å². The Morgan fingerprint density at radius 2 is 1.59 bits per heavy atom. The van der Waals surface area contributed by atoms with Crippen LogP contribution in [0.5, 0.6) is 0 Å². The number of anilines is 1. The van der Waals surface area contributed by atoms with Gasteiger partial charge in [-0.05, 0) is 56.9 Å². The molecule has 0 bridgehead atoms. The zero-order chi connectivity index (χ0) is 21.0. The van der Waals surface area contributed by atoms with Crippen molar-refractivity contribution in [1.29, 1.82) is 0 Å². The van der Waals surface area contributed by atoms with Crippen molar-refractivity contribution >= 4 is 21.6 Å². The van der Waals surface area contributed by atoms with Crippen LogP contribution >= 0.6 is 0 Å². The number of amides is 1. The molecule has 0 aliphatic heterocycles. The average molecular weight is 415 g/mol. The molecule has 1 amide bonds. The minimum Gasteiger partial charge on any atom is -0.325 e.